The van der Waals surface area contributed by atoms with Crippen molar-refractivity contribution in [2.45, 2.75) is 32.4 Å². The van der Waals surface area contributed by atoms with E-state index >= 15 is 0 Å². The summed E-state index contributed by atoms with van der Waals surface area (Å²) in [7, 11) is 0. The molecule has 102 valence electrons. The zero-order valence-corrected chi connectivity index (χ0v) is 11.9. The van der Waals surface area contributed by atoms with Gasteiger partial charge < -0.3 is 5.32 Å². The predicted octanol–water partition coefficient (Wildman–Crippen LogP) is 3.54. The number of rotatable bonds is 4. The Balaban J connectivity index is 1.58. The Morgan fingerprint density at radius 3 is 2.90 bits per heavy atom. The molecule has 1 heterocycles. The van der Waals surface area contributed by atoms with Gasteiger partial charge in [0.15, 0.2) is 0 Å². The van der Waals surface area contributed by atoms with Gasteiger partial charge in [-0.1, -0.05) is 6.07 Å². The van der Waals surface area contributed by atoms with E-state index in [4.69, 9.17) is 5.26 Å². The van der Waals surface area contributed by atoms with Crippen molar-refractivity contribution in [3.05, 3.63) is 56.5 Å². The maximum atomic E-state index is 13.7. The van der Waals surface area contributed by atoms with E-state index in [1.165, 1.54) is 40.6 Å². The van der Waals surface area contributed by atoms with Crippen LogP contribution < -0.4 is 5.32 Å². The molecule has 0 fully saturated rings. The van der Waals surface area contributed by atoms with Crippen LogP contribution in [0.15, 0.2) is 24.3 Å². The zero-order chi connectivity index (χ0) is 13.9. The molecule has 1 aromatic carbocycles. The summed E-state index contributed by atoms with van der Waals surface area (Å²) in [5, 5.41) is 12.0. The second-order valence-corrected chi connectivity index (χ2v) is 6.26. The van der Waals surface area contributed by atoms with Crippen molar-refractivity contribution in [1.29, 1.82) is 5.26 Å². The van der Waals surface area contributed by atoms with E-state index < -0.39 is 0 Å². The smallest absolute Gasteiger partial charge is 0.129 e. The zero-order valence-electron chi connectivity index (χ0n) is 11.1. The fraction of sp³-hybridized carbons (Fsp3) is 0.312. The maximum Gasteiger partial charge on any atom is 0.129 e. The van der Waals surface area contributed by atoms with Crippen LogP contribution in [0.2, 0.25) is 0 Å². The van der Waals surface area contributed by atoms with E-state index in [0.29, 0.717) is 17.7 Å². The van der Waals surface area contributed by atoms with Gasteiger partial charge in [0.1, 0.15) is 5.82 Å². The third-order valence-electron chi connectivity index (χ3n) is 3.59. The molecule has 2 nitrogen and oxygen atoms in total. The standard InChI is InChI=1S/C16H15FN2S/c17-15-6-11(8-18)4-5-13(15)9-19-10-14-7-12-2-1-3-16(12)20-14/h4-7,19H,1-3,9-10H2. The highest BCUT2D eigenvalue weighted by Gasteiger charge is 2.14. The van der Waals surface area contributed by atoms with Crippen LogP contribution in [0.3, 0.4) is 0 Å². The molecule has 0 aliphatic heterocycles. The summed E-state index contributed by atoms with van der Waals surface area (Å²) in [6.07, 6.45) is 3.70. The highest BCUT2D eigenvalue weighted by atomic mass is 32.1. The minimum Gasteiger partial charge on any atom is -0.308 e. The summed E-state index contributed by atoms with van der Waals surface area (Å²) < 4.78 is 13.7. The number of nitrogens with one attached hydrogen (secondary N) is 1. The van der Waals surface area contributed by atoms with Gasteiger partial charge in [-0.2, -0.15) is 5.26 Å². The SMILES string of the molecule is N#Cc1ccc(CNCc2cc3c(s2)CCC3)c(F)c1. The first-order valence-electron chi connectivity index (χ1n) is 6.76. The lowest BCUT2D eigenvalue weighted by molar-refractivity contribution is 0.588. The van der Waals surface area contributed by atoms with Gasteiger partial charge in [-0.15, -0.1) is 11.3 Å². The summed E-state index contributed by atoms with van der Waals surface area (Å²) >= 11 is 1.87. The molecule has 0 atom stereocenters. The van der Waals surface area contributed by atoms with Crippen molar-refractivity contribution >= 4 is 11.3 Å². The molecule has 2 aromatic rings. The number of aryl methyl sites for hydroxylation is 2. The highest BCUT2D eigenvalue weighted by molar-refractivity contribution is 7.12. The molecule has 0 saturated carbocycles. The van der Waals surface area contributed by atoms with Crippen molar-refractivity contribution in [3.8, 4) is 6.07 Å². The molecule has 0 saturated heterocycles. The number of halogens is 1. The van der Waals surface area contributed by atoms with Crippen LogP contribution in [-0.4, -0.2) is 0 Å². The lowest BCUT2D eigenvalue weighted by Gasteiger charge is -2.05. The molecule has 3 rings (SSSR count). The Bertz CT molecular complexity index is 648. The van der Waals surface area contributed by atoms with Crippen LogP contribution in [0, 0.1) is 17.1 Å². The normalized spacial score (nSPS) is 13.2. The van der Waals surface area contributed by atoms with Crippen LogP contribution in [0.5, 0.6) is 0 Å². The van der Waals surface area contributed by atoms with Gasteiger partial charge in [0.05, 0.1) is 11.6 Å². The van der Waals surface area contributed by atoms with Crippen molar-refractivity contribution in [2.75, 3.05) is 0 Å². The third kappa shape index (κ3) is 2.74. The average molecular weight is 286 g/mol. The molecule has 1 N–H and O–H groups in total. The molecule has 1 aromatic heterocycles. The highest BCUT2D eigenvalue weighted by Crippen LogP contribution is 2.30. The molecule has 4 heteroatoms. The Morgan fingerprint density at radius 1 is 1.25 bits per heavy atom. The van der Waals surface area contributed by atoms with Crippen molar-refractivity contribution in [3.63, 3.8) is 0 Å². The summed E-state index contributed by atoms with van der Waals surface area (Å²) in [6.45, 7) is 1.26. The minimum absolute atomic E-state index is 0.315. The first-order chi connectivity index (χ1) is 9.76. The summed E-state index contributed by atoms with van der Waals surface area (Å²) in [5.41, 5.74) is 2.46. The molecule has 0 unspecified atom stereocenters. The summed E-state index contributed by atoms with van der Waals surface area (Å²) in [6, 6.07) is 8.83. The number of benzene rings is 1. The van der Waals surface area contributed by atoms with E-state index in [2.05, 4.69) is 11.4 Å². The van der Waals surface area contributed by atoms with Gasteiger partial charge in [0.25, 0.3) is 0 Å². The summed E-state index contributed by atoms with van der Waals surface area (Å²) in [5.74, 6) is -0.315. The molecule has 0 bridgehead atoms. The van der Waals surface area contributed by atoms with Gasteiger partial charge in [-0.3, -0.25) is 0 Å². The van der Waals surface area contributed by atoms with Crippen molar-refractivity contribution < 1.29 is 4.39 Å². The van der Waals surface area contributed by atoms with E-state index in [1.807, 2.05) is 17.4 Å². The Morgan fingerprint density at radius 2 is 2.15 bits per heavy atom. The van der Waals surface area contributed by atoms with Crippen LogP contribution in [0.25, 0.3) is 0 Å². The quantitative estimate of drug-likeness (QED) is 0.933. The molecule has 0 radical (unpaired) electrons. The molecular formula is C16H15FN2S. The number of hydrogen-bond acceptors (Lipinski definition) is 3. The monoisotopic (exact) mass is 286 g/mol. The molecule has 0 spiro atoms. The number of hydrogen-bond donors (Lipinski definition) is 1. The molecular weight excluding hydrogens is 271 g/mol. The van der Waals surface area contributed by atoms with E-state index in [-0.39, 0.29) is 5.82 Å². The number of fused-ring (bicyclic) bond motifs is 1. The molecule has 20 heavy (non-hydrogen) atoms. The second kappa shape index (κ2) is 5.74. The van der Waals surface area contributed by atoms with Gasteiger partial charge in [-0.25, -0.2) is 4.39 Å². The topological polar surface area (TPSA) is 35.8 Å². The lowest BCUT2D eigenvalue weighted by atomic mass is 10.1. The minimum atomic E-state index is -0.315. The maximum absolute atomic E-state index is 13.7. The molecule has 1 aliphatic rings. The lowest BCUT2D eigenvalue weighted by Crippen LogP contribution is -2.13. The largest absolute Gasteiger partial charge is 0.308 e. The van der Waals surface area contributed by atoms with Crippen LogP contribution in [0.4, 0.5) is 4.39 Å². The van der Waals surface area contributed by atoms with Gasteiger partial charge in [0.2, 0.25) is 0 Å². The van der Waals surface area contributed by atoms with Crippen molar-refractivity contribution in [2.24, 2.45) is 0 Å². The first kappa shape index (κ1) is 13.3. The third-order valence-corrected chi connectivity index (χ3v) is 4.83. The second-order valence-electron chi connectivity index (χ2n) is 5.04. The number of nitrogens with zero attached hydrogens (tertiary/aromatic N) is 1. The van der Waals surface area contributed by atoms with E-state index in [1.54, 1.807) is 12.1 Å². The van der Waals surface area contributed by atoms with Gasteiger partial charge in [-0.05, 0) is 43.0 Å². The van der Waals surface area contributed by atoms with Gasteiger partial charge >= 0.3 is 0 Å². The Kier molecular flexibility index (Phi) is 3.81. The van der Waals surface area contributed by atoms with Crippen LogP contribution >= 0.6 is 11.3 Å². The molecule has 1 aliphatic carbocycles. The average Bonchev–Trinajstić information content (AvgIpc) is 3.01. The Labute approximate surface area is 121 Å². The van der Waals surface area contributed by atoms with Gasteiger partial charge in [0, 0.05) is 28.4 Å². The number of nitriles is 1. The number of thiophene rings is 1. The predicted molar refractivity (Wildman–Crippen MR) is 78.0 cm³/mol. The van der Waals surface area contributed by atoms with Crippen molar-refractivity contribution in [1.82, 2.24) is 5.32 Å². The molecule has 0 amide bonds. The fourth-order valence-corrected chi connectivity index (χ4v) is 3.79. The first-order valence-corrected chi connectivity index (χ1v) is 7.57. The Hall–Kier alpha value is -1.70. The summed E-state index contributed by atoms with van der Waals surface area (Å²) in [4.78, 5) is 2.84. The van der Waals surface area contributed by atoms with Crippen LogP contribution in [0.1, 0.15) is 32.9 Å². The van der Waals surface area contributed by atoms with E-state index in [0.717, 1.165) is 6.54 Å². The van der Waals surface area contributed by atoms with Crippen LogP contribution in [-0.2, 0) is 25.9 Å². The fourth-order valence-electron chi connectivity index (χ4n) is 2.56. The van der Waals surface area contributed by atoms with E-state index in [9.17, 15) is 4.39 Å².